The Labute approximate surface area is 130 Å². The van der Waals surface area contributed by atoms with Crippen LogP contribution in [0.3, 0.4) is 0 Å². The minimum Gasteiger partial charge on any atom is -0.454 e. The van der Waals surface area contributed by atoms with Crippen molar-refractivity contribution in [2.24, 2.45) is 0 Å². The van der Waals surface area contributed by atoms with Crippen LogP contribution in [0.5, 0.6) is 11.5 Å². The minimum absolute atomic E-state index is 0.151. The molecule has 0 aromatic heterocycles. The highest BCUT2D eigenvalue weighted by atomic mass is 79.9. The van der Waals surface area contributed by atoms with Gasteiger partial charge in [0.05, 0.1) is 5.56 Å². The van der Waals surface area contributed by atoms with E-state index in [9.17, 15) is 4.79 Å². The van der Waals surface area contributed by atoms with Crippen molar-refractivity contribution in [1.29, 1.82) is 0 Å². The third kappa shape index (κ3) is 2.95. The van der Waals surface area contributed by atoms with Crippen molar-refractivity contribution in [1.82, 2.24) is 5.32 Å². The highest BCUT2D eigenvalue weighted by molar-refractivity contribution is 9.10. The first-order chi connectivity index (χ1) is 10.1. The van der Waals surface area contributed by atoms with Crippen LogP contribution in [0, 0.1) is 0 Å². The summed E-state index contributed by atoms with van der Waals surface area (Å²) in [4.78, 5) is 12.2. The molecule has 0 fully saturated rings. The molecule has 2 aromatic rings. The number of hydrogen-bond acceptors (Lipinski definition) is 4. The van der Waals surface area contributed by atoms with Gasteiger partial charge in [0.25, 0.3) is 5.91 Å². The molecular formula is C15H13BrN2O3. The lowest BCUT2D eigenvalue weighted by Crippen LogP contribution is -2.23. The van der Waals surface area contributed by atoms with E-state index >= 15 is 0 Å². The average molecular weight is 349 g/mol. The van der Waals surface area contributed by atoms with Gasteiger partial charge in [-0.25, -0.2) is 0 Å². The van der Waals surface area contributed by atoms with Crippen LogP contribution in [0.1, 0.15) is 15.9 Å². The summed E-state index contributed by atoms with van der Waals surface area (Å²) in [6.07, 6.45) is 0. The molecular weight excluding hydrogens is 336 g/mol. The number of anilines is 1. The lowest BCUT2D eigenvalue weighted by atomic mass is 10.1. The second-order valence-electron chi connectivity index (χ2n) is 4.61. The van der Waals surface area contributed by atoms with Gasteiger partial charge >= 0.3 is 0 Å². The first-order valence-corrected chi connectivity index (χ1v) is 7.14. The maximum absolute atomic E-state index is 12.2. The molecule has 0 saturated carbocycles. The number of carbonyl (C=O) groups is 1. The molecule has 5 nitrogen and oxygen atoms in total. The van der Waals surface area contributed by atoms with Gasteiger partial charge in [-0.15, -0.1) is 0 Å². The Morgan fingerprint density at radius 2 is 2.00 bits per heavy atom. The van der Waals surface area contributed by atoms with Gasteiger partial charge in [-0.05, 0) is 23.8 Å². The summed E-state index contributed by atoms with van der Waals surface area (Å²) in [5.41, 5.74) is 7.63. The van der Waals surface area contributed by atoms with Crippen molar-refractivity contribution in [2.75, 3.05) is 12.5 Å². The number of halogens is 1. The Morgan fingerprint density at radius 1 is 1.24 bits per heavy atom. The van der Waals surface area contributed by atoms with Crippen LogP contribution in [-0.4, -0.2) is 12.7 Å². The highest BCUT2D eigenvalue weighted by Gasteiger charge is 2.19. The van der Waals surface area contributed by atoms with Crippen LogP contribution >= 0.6 is 15.9 Å². The fourth-order valence-corrected chi connectivity index (χ4v) is 2.53. The first-order valence-electron chi connectivity index (χ1n) is 6.35. The Morgan fingerprint density at radius 3 is 2.76 bits per heavy atom. The van der Waals surface area contributed by atoms with Crippen LogP contribution < -0.4 is 20.5 Å². The van der Waals surface area contributed by atoms with Gasteiger partial charge in [0.2, 0.25) is 6.79 Å². The average Bonchev–Trinajstić information content (AvgIpc) is 2.91. The second-order valence-corrected chi connectivity index (χ2v) is 5.52. The molecule has 0 bridgehead atoms. The van der Waals surface area contributed by atoms with E-state index in [1.165, 1.54) is 0 Å². The summed E-state index contributed by atoms with van der Waals surface area (Å²) in [6, 6.07) is 10.9. The van der Waals surface area contributed by atoms with E-state index in [-0.39, 0.29) is 12.7 Å². The lowest BCUT2D eigenvalue weighted by Gasteiger charge is -2.09. The molecule has 108 valence electrons. The number of amides is 1. The van der Waals surface area contributed by atoms with Crippen LogP contribution in [0.2, 0.25) is 0 Å². The van der Waals surface area contributed by atoms with Crippen molar-refractivity contribution in [2.45, 2.75) is 6.54 Å². The van der Waals surface area contributed by atoms with Crippen LogP contribution in [0.15, 0.2) is 40.9 Å². The third-order valence-electron chi connectivity index (χ3n) is 3.13. The molecule has 3 rings (SSSR count). The number of rotatable bonds is 3. The summed E-state index contributed by atoms with van der Waals surface area (Å²) in [5, 5.41) is 2.84. The SMILES string of the molecule is Nc1cc2c(cc1C(=O)NCc1cccc(Br)c1)OCO2. The van der Waals surface area contributed by atoms with Gasteiger partial charge in [-0.3, -0.25) is 4.79 Å². The molecule has 2 aromatic carbocycles. The number of benzene rings is 2. The van der Waals surface area contributed by atoms with Gasteiger partial charge in [-0.2, -0.15) is 0 Å². The van der Waals surface area contributed by atoms with Crippen molar-refractivity contribution in [3.8, 4) is 11.5 Å². The maximum Gasteiger partial charge on any atom is 0.253 e. The van der Waals surface area contributed by atoms with Crippen molar-refractivity contribution >= 4 is 27.5 Å². The quantitative estimate of drug-likeness (QED) is 0.836. The molecule has 1 aliphatic rings. The third-order valence-corrected chi connectivity index (χ3v) is 3.62. The molecule has 1 heterocycles. The van der Waals surface area contributed by atoms with Gasteiger partial charge in [0, 0.05) is 22.8 Å². The van der Waals surface area contributed by atoms with Crippen molar-refractivity contribution < 1.29 is 14.3 Å². The van der Waals surface area contributed by atoms with Gasteiger partial charge in [0.15, 0.2) is 11.5 Å². The number of nitrogens with one attached hydrogen (secondary N) is 1. The standard InChI is InChI=1S/C15H13BrN2O3/c16-10-3-1-2-9(4-10)7-18-15(19)11-5-13-14(6-12(11)17)21-8-20-13/h1-6H,7-8,17H2,(H,18,19). The molecule has 0 spiro atoms. The molecule has 1 amide bonds. The summed E-state index contributed by atoms with van der Waals surface area (Å²) in [6.45, 7) is 0.573. The topological polar surface area (TPSA) is 73.6 Å². The number of nitrogen functional groups attached to an aromatic ring is 1. The fourth-order valence-electron chi connectivity index (χ4n) is 2.08. The van der Waals surface area contributed by atoms with Crippen LogP contribution in [-0.2, 0) is 6.54 Å². The number of hydrogen-bond donors (Lipinski definition) is 2. The van der Waals surface area contributed by atoms with Crippen molar-refractivity contribution in [3.63, 3.8) is 0 Å². The van der Waals surface area contributed by atoms with E-state index in [0.29, 0.717) is 29.3 Å². The fraction of sp³-hybridized carbons (Fsp3) is 0.133. The summed E-state index contributed by atoms with van der Waals surface area (Å²) < 4.78 is 11.4. The van der Waals surface area contributed by atoms with Crippen LogP contribution in [0.25, 0.3) is 0 Å². The van der Waals surface area contributed by atoms with E-state index in [0.717, 1.165) is 10.0 Å². The van der Waals surface area contributed by atoms with E-state index in [1.54, 1.807) is 12.1 Å². The Balaban J connectivity index is 1.74. The summed E-state index contributed by atoms with van der Waals surface area (Å²) in [5.74, 6) is 0.860. The van der Waals surface area contributed by atoms with Gasteiger partial charge in [-0.1, -0.05) is 28.1 Å². The Bertz CT molecular complexity index is 703. The monoisotopic (exact) mass is 348 g/mol. The summed E-state index contributed by atoms with van der Waals surface area (Å²) >= 11 is 3.40. The zero-order valence-electron chi connectivity index (χ0n) is 11.1. The largest absolute Gasteiger partial charge is 0.454 e. The van der Waals surface area contributed by atoms with Gasteiger partial charge < -0.3 is 20.5 Å². The smallest absolute Gasteiger partial charge is 0.253 e. The van der Waals surface area contributed by atoms with Crippen molar-refractivity contribution in [3.05, 3.63) is 52.0 Å². The predicted molar refractivity (Wildman–Crippen MR) is 82.3 cm³/mol. The number of ether oxygens (including phenoxy) is 2. The zero-order valence-corrected chi connectivity index (χ0v) is 12.6. The second kappa shape index (κ2) is 5.65. The summed E-state index contributed by atoms with van der Waals surface area (Å²) in [7, 11) is 0. The highest BCUT2D eigenvalue weighted by Crippen LogP contribution is 2.35. The van der Waals surface area contributed by atoms with E-state index in [2.05, 4.69) is 21.2 Å². The van der Waals surface area contributed by atoms with E-state index in [4.69, 9.17) is 15.2 Å². The molecule has 0 unspecified atom stereocenters. The minimum atomic E-state index is -0.245. The number of carbonyl (C=O) groups excluding carboxylic acids is 1. The molecule has 1 aliphatic heterocycles. The predicted octanol–water partition coefficient (Wildman–Crippen LogP) is 2.69. The first kappa shape index (κ1) is 13.8. The lowest BCUT2D eigenvalue weighted by molar-refractivity contribution is 0.0951. The van der Waals surface area contributed by atoms with E-state index < -0.39 is 0 Å². The maximum atomic E-state index is 12.2. The van der Waals surface area contributed by atoms with E-state index in [1.807, 2.05) is 24.3 Å². The molecule has 3 N–H and O–H groups in total. The molecule has 0 atom stereocenters. The Kier molecular flexibility index (Phi) is 3.70. The van der Waals surface area contributed by atoms with Gasteiger partial charge in [0.1, 0.15) is 0 Å². The molecule has 0 saturated heterocycles. The zero-order chi connectivity index (χ0) is 14.8. The van der Waals surface area contributed by atoms with Crippen LogP contribution in [0.4, 0.5) is 5.69 Å². The molecule has 0 aliphatic carbocycles. The normalized spacial score (nSPS) is 12.2. The Hall–Kier alpha value is -2.21. The number of nitrogens with two attached hydrogens (primary N) is 1. The molecule has 21 heavy (non-hydrogen) atoms. The molecule has 6 heteroatoms. The molecule has 0 radical (unpaired) electrons. The number of fused-ring (bicyclic) bond motifs is 1.